The van der Waals surface area contributed by atoms with Crippen LogP contribution in [0.1, 0.15) is 41.2 Å². The molecule has 0 aliphatic carbocycles. The molecule has 0 radical (unpaired) electrons. The Bertz CT molecular complexity index is 1100. The highest BCUT2D eigenvalue weighted by molar-refractivity contribution is 6.05. The standard InChI is InChI=1S/C20H19F3N4O2/c1-4-13-5-7-15(25-12(3)28)9-16(13)26-19(29)18-11(2)24-17-8-6-14(10-27(17)18)20(21,22)23/h5-10H,4H2,1-3H3,(H,25,28)(H,26,29). The van der Waals surface area contributed by atoms with Crippen LogP contribution in [0.3, 0.4) is 0 Å². The maximum atomic E-state index is 13.1. The number of rotatable bonds is 4. The SMILES string of the molecule is CCc1ccc(NC(C)=O)cc1NC(=O)c1c(C)nc2ccc(C(F)(F)F)cn12. The highest BCUT2D eigenvalue weighted by atomic mass is 19.4. The van der Waals surface area contributed by atoms with E-state index >= 15 is 0 Å². The van der Waals surface area contributed by atoms with E-state index < -0.39 is 17.6 Å². The Morgan fingerprint density at radius 2 is 1.86 bits per heavy atom. The van der Waals surface area contributed by atoms with Crippen molar-refractivity contribution in [1.82, 2.24) is 9.38 Å². The van der Waals surface area contributed by atoms with Gasteiger partial charge < -0.3 is 10.6 Å². The van der Waals surface area contributed by atoms with Crippen molar-refractivity contribution in [2.75, 3.05) is 10.6 Å². The summed E-state index contributed by atoms with van der Waals surface area (Å²) in [6, 6.07) is 7.24. The summed E-state index contributed by atoms with van der Waals surface area (Å²) in [6.07, 6.45) is -3.07. The van der Waals surface area contributed by atoms with Gasteiger partial charge in [-0.15, -0.1) is 0 Å². The summed E-state index contributed by atoms with van der Waals surface area (Å²) in [4.78, 5) is 28.4. The normalized spacial score (nSPS) is 11.5. The number of amides is 2. The van der Waals surface area contributed by atoms with Crippen LogP contribution in [0.4, 0.5) is 24.5 Å². The van der Waals surface area contributed by atoms with Gasteiger partial charge in [-0.25, -0.2) is 4.98 Å². The monoisotopic (exact) mass is 404 g/mol. The van der Waals surface area contributed by atoms with Crippen LogP contribution >= 0.6 is 0 Å². The smallest absolute Gasteiger partial charge is 0.326 e. The second-order valence-corrected chi connectivity index (χ2v) is 6.55. The van der Waals surface area contributed by atoms with Crippen molar-refractivity contribution < 1.29 is 22.8 Å². The maximum absolute atomic E-state index is 13.1. The van der Waals surface area contributed by atoms with Crippen molar-refractivity contribution in [3.63, 3.8) is 0 Å². The minimum absolute atomic E-state index is 0.0121. The number of carbonyl (C=O) groups excluding carboxylic acids is 2. The Morgan fingerprint density at radius 1 is 1.14 bits per heavy atom. The lowest BCUT2D eigenvalue weighted by molar-refractivity contribution is -0.137. The second kappa shape index (κ2) is 7.57. The Balaban J connectivity index is 2.02. The lowest BCUT2D eigenvalue weighted by Gasteiger charge is -2.13. The molecule has 0 spiro atoms. The molecule has 3 rings (SSSR count). The number of hydrogen-bond acceptors (Lipinski definition) is 3. The van der Waals surface area contributed by atoms with Gasteiger partial charge in [0.2, 0.25) is 5.91 Å². The summed E-state index contributed by atoms with van der Waals surface area (Å²) in [5.74, 6) is -0.854. The van der Waals surface area contributed by atoms with Crippen molar-refractivity contribution in [2.24, 2.45) is 0 Å². The van der Waals surface area contributed by atoms with Crippen LogP contribution in [0.15, 0.2) is 36.5 Å². The fourth-order valence-electron chi connectivity index (χ4n) is 3.07. The van der Waals surface area contributed by atoms with Crippen LogP contribution in [-0.4, -0.2) is 21.2 Å². The van der Waals surface area contributed by atoms with Crippen molar-refractivity contribution in [2.45, 2.75) is 33.4 Å². The molecule has 9 heteroatoms. The van der Waals surface area contributed by atoms with Gasteiger partial charge in [-0.2, -0.15) is 13.2 Å². The lowest BCUT2D eigenvalue weighted by Crippen LogP contribution is -2.18. The van der Waals surface area contributed by atoms with Gasteiger partial charge in [0.05, 0.1) is 11.3 Å². The molecule has 2 aromatic heterocycles. The minimum atomic E-state index is -4.54. The van der Waals surface area contributed by atoms with Crippen LogP contribution in [0.2, 0.25) is 0 Å². The molecule has 152 valence electrons. The molecule has 1 aromatic carbocycles. The summed E-state index contributed by atoms with van der Waals surface area (Å²) in [5.41, 5.74) is 1.46. The zero-order valence-corrected chi connectivity index (χ0v) is 16.0. The molecule has 0 aliphatic rings. The number of carbonyl (C=O) groups is 2. The zero-order valence-electron chi connectivity index (χ0n) is 16.0. The van der Waals surface area contributed by atoms with Crippen LogP contribution in [0, 0.1) is 6.92 Å². The predicted octanol–water partition coefficient (Wildman–Crippen LogP) is 4.43. The van der Waals surface area contributed by atoms with E-state index in [0.29, 0.717) is 23.5 Å². The molecule has 3 aromatic rings. The number of hydrogen-bond donors (Lipinski definition) is 2. The minimum Gasteiger partial charge on any atom is -0.326 e. The molecule has 29 heavy (non-hydrogen) atoms. The highest BCUT2D eigenvalue weighted by Crippen LogP contribution is 2.30. The maximum Gasteiger partial charge on any atom is 0.417 e. The first-order valence-electron chi connectivity index (χ1n) is 8.88. The number of nitrogens with one attached hydrogen (secondary N) is 2. The summed E-state index contributed by atoms with van der Waals surface area (Å²) >= 11 is 0. The van der Waals surface area contributed by atoms with Crippen LogP contribution < -0.4 is 10.6 Å². The van der Waals surface area contributed by atoms with E-state index in [0.717, 1.165) is 22.2 Å². The van der Waals surface area contributed by atoms with Crippen LogP contribution in [0.25, 0.3) is 5.65 Å². The molecule has 0 unspecified atom stereocenters. The van der Waals surface area contributed by atoms with Crippen molar-refractivity contribution in [1.29, 1.82) is 0 Å². The van der Waals surface area contributed by atoms with E-state index in [9.17, 15) is 22.8 Å². The third kappa shape index (κ3) is 4.23. The predicted molar refractivity (Wildman–Crippen MR) is 103 cm³/mol. The Morgan fingerprint density at radius 3 is 2.48 bits per heavy atom. The first kappa shape index (κ1) is 20.4. The Labute approximate surface area is 164 Å². The van der Waals surface area contributed by atoms with Crippen molar-refractivity contribution >= 4 is 28.8 Å². The number of nitrogens with zero attached hydrogens (tertiary/aromatic N) is 2. The third-order valence-corrected chi connectivity index (χ3v) is 4.39. The average molecular weight is 404 g/mol. The molecule has 6 nitrogen and oxygen atoms in total. The first-order chi connectivity index (χ1) is 13.6. The summed E-state index contributed by atoms with van der Waals surface area (Å²) in [5, 5.41) is 5.37. The molecular weight excluding hydrogens is 385 g/mol. The quantitative estimate of drug-likeness (QED) is 0.675. The van der Waals surface area contributed by atoms with E-state index in [1.54, 1.807) is 25.1 Å². The number of pyridine rings is 1. The number of imidazole rings is 1. The number of benzene rings is 1. The van der Waals surface area contributed by atoms with Crippen LogP contribution in [0.5, 0.6) is 0 Å². The third-order valence-electron chi connectivity index (χ3n) is 4.39. The largest absolute Gasteiger partial charge is 0.417 e. The molecule has 0 saturated carbocycles. The summed E-state index contributed by atoms with van der Waals surface area (Å²) in [7, 11) is 0. The number of anilines is 2. The van der Waals surface area contributed by atoms with Crippen LogP contribution in [-0.2, 0) is 17.4 Å². The Hall–Kier alpha value is -3.36. The molecule has 2 heterocycles. The van der Waals surface area contributed by atoms with Gasteiger partial charge in [0.25, 0.3) is 5.91 Å². The van der Waals surface area contributed by atoms with Gasteiger partial charge in [-0.05, 0) is 43.2 Å². The van der Waals surface area contributed by atoms with Gasteiger partial charge in [-0.3, -0.25) is 14.0 Å². The molecule has 2 N–H and O–H groups in total. The van der Waals surface area contributed by atoms with Gasteiger partial charge in [0, 0.05) is 24.5 Å². The molecule has 0 saturated heterocycles. The zero-order chi connectivity index (χ0) is 21.3. The molecule has 0 fully saturated rings. The topological polar surface area (TPSA) is 75.5 Å². The second-order valence-electron chi connectivity index (χ2n) is 6.55. The first-order valence-corrected chi connectivity index (χ1v) is 8.88. The number of aromatic nitrogens is 2. The lowest BCUT2D eigenvalue weighted by atomic mass is 10.1. The van der Waals surface area contributed by atoms with Crippen molar-refractivity contribution in [3.05, 3.63) is 59.0 Å². The number of fused-ring (bicyclic) bond motifs is 1. The summed E-state index contributed by atoms with van der Waals surface area (Å²) < 4.78 is 40.4. The number of aryl methyl sites for hydroxylation is 2. The summed E-state index contributed by atoms with van der Waals surface area (Å²) in [6.45, 7) is 4.83. The fourth-order valence-corrected chi connectivity index (χ4v) is 3.07. The average Bonchev–Trinajstić information content (AvgIpc) is 2.95. The van der Waals surface area contributed by atoms with E-state index in [1.807, 2.05) is 6.92 Å². The Kier molecular flexibility index (Phi) is 5.32. The van der Waals surface area contributed by atoms with Crippen molar-refractivity contribution in [3.8, 4) is 0 Å². The number of alkyl halides is 3. The highest BCUT2D eigenvalue weighted by Gasteiger charge is 2.31. The van der Waals surface area contributed by atoms with Gasteiger partial charge in [-0.1, -0.05) is 13.0 Å². The van der Waals surface area contributed by atoms with E-state index in [-0.39, 0.29) is 17.2 Å². The van der Waals surface area contributed by atoms with E-state index in [2.05, 4.69) is 15.6 Å². The van der Waals surface area contributed by atoms with Gasteiger partial charge >= 0.3 is 6.18 Å². The molecule has 0 aliphatic heterocycles. The van der Waals surface area contributed by atoms with Gasteiger partial charge in [0.1, 0.15) is 11.3 Å². The van der Waals surface area contributed by atoms with E-state index in [1.165, 1.54) is 13.0 Å². The molecular formula is C20H19F3N4O2. The number of halogens is 3. The molecule has 0 atom stereocenters. The van der Waals surface area contributed by atoms with Gasteiger partial charge in [0.15, 0.2) is 0 Å². The van der Waals surface area contributed by atoms with E-state index in [4.69, 9.17) is 0 Å². The fraction of sp³-hybridized carbons (Fsp3) is 0.250. The molecule has 0 bridgehead atoms. The molecule has 2 amide bonds.